The van der Waals surface area contributed by atoms with E-state index in [4.69, 9.17) is 4.42 Å². The number of para-hydroxylation sites is 1. The van der Waals surface area contributed by atoms with Gasteiger partial charge in [-0.25, -0.2) is 9.97 Å². The van der Waals surface area contributed by atoms with Crippen LogP contribution in [0.4, 0.5) is 5.13 Å². The molecule has 2 aromatic carbocycles. The van der Waals surface area contributed by atoms with Crippen LogP contribution >= 0.6 is 23.1 Å². The van der Waals surface area contributed by atoms with E-state index in [9.17, 15) is 9.59 Å². The Bertz CT molecular complexity index is 1460. The van der Waals surface area contributed by atoms with E-state index in [2.05, 4.69) is 15.3 Å². The molecule has 0 radical (unpaired) electrons. The van der Waals surface area contributed by atoms with E-state index in [0.29, 0.717) is 39.2 Å². The number of thiazole rings is 1. The van der Waals surface area contributed by atoms with Crippen LogP contribution in [0.3, 0.4) is 0 Å². The summed E-state index contributed by atoms with van der Waals surface area (Å²) in [5, 5.41) is 6.16. The average Bonchev–Trinajstić information content (AvgIpc) is 3.53. The van der Waals surface area contributed by atoms with Gasteiger partial charge in [-0.3, -0.25) is 14.2 Å². The second-order valence-corrected chi connectivity index (χ2v) is 8.94. The number of nitrogens with zero attached hydrogens (tertiary/aromatic N) is 3. The van der Waals surface area contributed by atoms with Gasteiger partial charge in [0, 0.05) is 5.38 Å². The van der Waals surface area contributed by atoms with E-state index in [-0.39, 0.29) is 17.2 Å². The standard InChI is InChI=1S/C24H18N4O3S2/c29-21(27-23-25-19(14-32-23)20-11-6-12-31-20)15-33-24-26-18-10-5-4-9-17(18)22(30)28(24)13-16-7-2-1-3-8-16/h1-12,14H,13,15H2,(H,25,27,29). The average molecular weight is 475 g/mol. The number of anilines is 1. The predicted octanol–water partition coefficient (Wildman–Crippen LogP) is 4.89. The fraction of sp³-hybridized carbons (Fsp3) is 0.0833. The van der Waals surface area contributed by atoms with Crippen molar-refractivity contribution in [2.45, 2.75) is 11.7 Å². The molecule has 0 bridgehead atoms. The number of hydrogen-bond donors (Lipinski definition) is 1. The van der Waals surface area contributed by atoms with Gasteiger partial charge in [0.25, 0.3) is 5.56 Å². The molecule has 0 aliphatic heterocycles. The Hall–Kier alpha value is -3.69. The molecular weight excluding hydrogens is 456 g/mol. The zero-order chi connectivity index (χ0) is 22.6. The van der Waals surface area contributed by atoms with Crippen molar-refractivity contribution in [1.82, 2.24) is 14.5 Å². The molecule has 164 valence electrons. The second kappa shape index (κ2) is 9.43. The summed E-state index contributed by atoms with van der Waals surface area (Å²) in [4.78, 5) is 34.9. The van der Waals surface area contributed by atoms with E-state index in [0.717, 1.165) is 5.56 Å². The van der Waals surface area contributed by atoms with Crippen molar-refractivity contribution in [2.24, 2.45) is 0 Å². The van der Waals surface area contributed by atoms with Crippen LogP contribution in [0.1, 0.15) is 5.56 Å². The third-order valence-corrected chi connectivity index (χ3v) is 6.60. The number of hydrogen-bond acceptors (Lipinski definition) is 7. The number of benzene rings is 2. The van der Waals surface area contributed by atoms with Crippen molar-refractivity contribution in [2.75, 3.05) is 11.1 Å². The van der Waals surface area contributed by atoms with Gasteiger partial charge in [-0.1, -0.05) is 54.2 Å². The van der Waals surface area contributed by atoms with Crippen LogP contribution in [0.2, 0.25) is 0 Å². The summed E-state index contributed by atoms with van der Waals surface area (Å²) in [7, 11) is 0. The van der Waals surface area contributed by atoms with Crippen molar-refractivity contribution >= 4 is 45.0 Å². The fourth-order valence-corrected chi connectivity index (χ4v) is 4.83. The zero-order valence-electron chi connectivity index (χ0n) is 17.3. The summed E-state index contributed by atoms with van der Waals surface area (Å²) in [5.41, 5.74) is 2.13. The summed E-state index contributed by atoms with van der Waals surface area (Å²) < 4.78 is 6.96. The molecule has 0 spiro atoms. The first-order valence-corrected chi connectivity index (χ1v) is 12.0. The van der Waals surface area contributed by atoms with Crippen LogP contribution in [0.25, 0.3) is 22.4 Å². The Balaban J connectivity index is 1.36. The van der Waals surface area contributed by atoms with Crippen LogP contribution in [0, 0.1) is 0 Å². The second-order valence-electron chi connectivity index (χ2n) is 7.14. The Labute approximate surface area is 197 Å². The molecule has 33 heavy (non-hydrogen) atoms. The first-order chi connectivity index (χ1) is 16.2. The fourth-order valence-electron chi connectivity index (χ4n) is 3.32. The van der Waals surface area contributed by atoms with Gasteiger partial charge in [0.05, 0.1) is 29.5 Å². The quantitative estimate of drug-likeness (QED) is 0.267. The lowest BCUT2D eigenvalue weighted by molar-refractivity contribution is -0.113. The highest BCUT2D eigenvalue weighted by molar-refractivity contribution is 7.99. The largest absolute Gasteiger partial charge is 0.463 e. The monoisotopic (exact) mass is 474 g/mol. The molecular formula is C24H18N4O3S2. The number of furan rings is 1. The maximum Gasteiger partial charge on any atom is 0.262 e. The number of fused-ring (bicyclic) bond motifs is 1. The van der Waals surface area contributed by atoms with Gasteiger partial charge >= 0.3 is 0 Å². The highest BCUT2D eigenvalue weighted by Gasteiger charge is 2.15. The Morgan fingerprint density at radius 3 is 2.67 bits per heavy atom. The molecule has 5 rings (SSSR count). The molecule has 0 saturated heterocycles. The number of thioether (sulfide) groups is 1. The first kappa shape index (κ1) is 21.2. The highest BCUT2D eigenvalue weighted by atomic mass is 32.2. The molecule has 3 aromatic heterocycles. The predicted molar refractivity (Wildman–Crippen MR) is 131 cm³/mol. The maximum atomic E-state index is 13.2. The molecule has 1 amide bonds. The number of aromatic nitrogens is 3. The van der Waals surface area contributed by atoms with Crippen molar-refractivity contribution in [3.05, 3.63) is 94.3 Å². The van der Waals surface area contributed by atoms with Gasteiger partial charge in [0.2, 0.25) is 5.91 Å². The number of carbonyl (C=O) groups is 1. The van der Waals surface area contributed by atoms with Crippen LogP contribution < -0.4 is 10.9 Å². The van der Waals surface area contributed by atoms with Crippen molar-refractivity contribution in [3.63, 3.8) is 0 Å². The minimum Gasteiger partial charge on any atom is -0.463 e. The Morgan fingerprint density at radius 1 is 1.03 bits per heavy atom. The van der Waals surface area contributed by atoms with E-state index in [1.54, 1.807) is 29.0 Å². The molecule has 9 heteroatoms. The minimum atomic E-state index is -0.228. The number of rotatable bonds is 7. The topological polar surface area (TPSA) is 90.0 Å². The van der Waals surface area contributed by atoms with Gasteiger partial charge in [0.1, 0.15) is 5.69 Å². The van der Waals surface area contributed by atoms with Gasteiger partial charge in [-0.15, -0.1) is 11.3 Å². The van der Waals surface area contributed by atoms with Gasteiger partial charge in [0.15, 0.2) is 16.0 Å². The summed E-state index contributed by atoms with van der Waals surface area (Å²) >= 11 is 2.55. The third-order valence-electron chi connectivity index (χ3n) is 4.87. The third kappa shape index (κ3) is 4.74. The minimum absolute atomic E-state index is 0.0925. The SMILES string of the molecule is O=C(CSc1nc2ccccc2c(=O)n1Cc1ccccc1)Nc1nc(-c2ccco2)cs1. The molecule has 0 saturated carbocycles. The first-order valence-electron chi connectivity index (χ1n) is 10.1. The summed E-state index contributed by atoms with van der Waals surface area (Å²) in [6.45, 7) is 0.375. The lowest BCUT2D eigenvalue weighted by atomic mass is 10.2. The van der Waals surface area contributed by atoms with Gasteiger partial charge in [-0.2, -0.15) is 0 Å². The Morgan fingerprint density at radius 2 is 1.85 bits per heavy atom. The van der Waals surface area contributed by atoms with Crippen LogP contribution in [0.15, 0.2) is 92.7 Å². The number of amides is 1. The number of carbonyl (C=O) groups excluding carboxylic acids is 1. The van der Waals surface area contributed by atoms with E-state index in [1.807, 2.05) is 53.9 Å². The van der Waals surface area contributed by atoms with Crippen LogP contribution in [0.5, 0.6) is 0 Å². The molecule has 0 atom stereocenters. The normalized spacial score (nSPS) is 11.0. The van der Waals surface area contributed by atoms with Crippen LogP contribution in [-0.4, -0.2) is 26.2 Å². The summed E-state index contributed by atoms with van der Waals surface area (Å²) in [6, 6.07) is 20.6. The van der Waals surface area contributed by atoms with E-state index < -0.39 is 0 Å². The van der Waals surface area contributed by atoms with Crippen molar-refractivity contribution in [1.29, 1.82) is 0 Å². The van der Waals surface area contributed by atoms with Crippen molar-refractivity contribution < 1.29 is 9.21 Å². The summed E-state index contributed by atoms with van der Waals surface area (Å²) in [6.07, 6.45) is 1.58. The zero-order valence-corrected chi connectivity index (χ0v) is 18.9. The molecule has 0 fully saturated rings. The van der Waals surface area contributed by atoms with E-state index >= 15 is 0 Å². The molecule has 0 aliphatic carbocycles. The van der Waals surface area contributed by atoms with Crippen LogP contribution in [-0.2, 0) is 11.3 Å². The maximum absolute atomic E-state index is 13.2. The lowest BCUT2D eigenvalue weighted by Crippen LogP contribution is -2.24. The molecule has 3 heterocycles. The highest BCUT2D eigenvalue weighted by Crippen LogP contribution is 2.25. The summed E-state index contributed by atoms with van der Waals surface area (Å²) in [5.74, 6) is 0.510. The molecule has 0 aliphatic rings. The van der Waals surface area contributed by atoms with Gasteiger partial charge < -0.3 is 9.73 Å². The molecule has 5 aromatic rings. The Kier molecular flexibility index (Phi) is 6.05. The smallest absolute Gasteiger partial charge is 0.262 e. The molecule has 7 nitrogen and oxygen atoms in total. The number of nitrogens with one attached hydrogen (secondary N) is 1. The molecule has 1 N–H and O–H groups in total. The van der Waals surface area contributed by atoms with Gasteiger partial charge in [-0.05, 0) is 29.8 Å². The molecule has 0 unspecified atom stereocenters. The van der Waals surface area contributed by atoms with Crippen molar-refractivity contribution in [3.8, 4) is 11.5 Å². The van der Waals surface area contributed by atoms with E-state index in [1.165, 1.54) is 23.1 Å². The lowest BCUT2D eigenvalue weighted by Gasteiger charge is -2.13.